The van der Waals surface area contributed by atoms with Gasteiger partial charge in [0.25, 0.3) is 0 Å². The third-order valence-corrected chi connectivity index (χ3v) is 4.37. The van der Waals surface area contributed by atoms with Crippen molar-refractivity contribution in [3.8, 4) is 11.3 Å². The van der Waals surface area contributed by atoms with Crippen molar-refractivity contribution in [2.45, 2.75) is 19.8 Å². The van der Waals surface area contributed by atoms with E-state index in [2.05, 4.69) is 56.8 Å². The molecule has 1 aromatic carbocycles. The Balaban J connectivity index is 1.51. The Bertz CT molecular complexity index is 817. The Morgan fingerprint density at radius 3 is 2.64 bits per heavy atom. The van der Waals surface area contributed by atoms with Crippen LogP contribution in [0.3, 0.4) is 0 Å². The monoisotopic (exact) mass is 353 g/mol. The first-order chi connectivity index (χ1) is 12.2. The van der Waals surface area contributed by atoms with Gasteiger partial charge in [-0.2, -0.15) is 0 Å². The van der Waals surface area contributed by atoms with E-state index in [1.54, 1.807) is 18.5 Å². The summed E-state index contributed by atoms with van der Waals surface area (Å²) >= 11 is 1.42. The molecule has 0 spiro atoms. The second-order valence-corrected chi connectivity index (χ2v) is 6.24. The van der Waals surface area contributed by atoms with Crippen LogP contribution in [0.5, 0.6) is 0 Å². The first-order valence-electron chi connectivity index (χ1n) is 8.10. The molecule has 7 heteroatoms. The quantitative estimate of drug-likeness (QED) is 0.678. The molecule has 0 aliphatic rings. The smallest absolute Gasteiger partial charge is 0.227 e. The minimum atomic E-state index is -0.0920. The van der Waals surface area contributed by atoms with E-state index in [1.807, 2.05) is 5.38 Å². The molecule has 2 heterocycles. The first kappa shape index (κ1) is 17.0. The summed E-state index contributed by atoms with van der Waals surface area (Å²) in [6, 6.07) is 10.1. The van der Waals surface area contributed by atoms with E-state index < -0.39 is 0 Å². The number of amides is 1. The zero-order valence-electron chi connectivity index (χ0n) is 13.9. The fraction of sp³-hybridized carbons (Fsp3) is 0.222. The second kappa shape index (κ2) is 8.34. The number of hydrogen-bond donors (Lipinski definition) is 2. The normalized spacial score (nSPS) is 10.4. The lowest BCUT2D eigenvalue weighted by Gasteiger charge is -2.04. The number of carbonyl (C=O) groups excluding carboxylic acids is 1. The molecule has 0 unspecified atom stereocenters. The van der Waals surface area contributed by atoms with Crippen LogP contribution >= 0.6 is 11.3 Å². The van der Waals surface area contributed by atoms with Crippen molar-refractivity contribution >= 4 is 28.3 Å². The van der Waals surface area contributed by atoms with Gasteiger partial charge in [-0.05, 0) is 18.1 Å². The Morgan fingerprint density at radius 1 is 1.16 bits per heavy atom. The van der Waals surface area contributed by atoms with Crippen LogP contribution in [0.1, 0.15) is 18.9 Å². The molecule has 2 aromatic heterocycles. The van der Waals surface area contributed by atoms with Crippen molar-refractivity contribution in [2.75, 3.05) is 17.2 Å². The van der Waals surface area contributed by atoms with Crippen molar-refractivity contribution in [1.82, 2.24) is 15.0 Å². The number of rotatable bonds is 7. The minimum absolute atomic E-state index is 0.0920. The summed E-state index contributed by atoms with van der Waals surface area (Å²) < 4.78 is 0. The van der Waals surface area contributed by atoms with Crippen LogP contribution in [0.15, 0.2) is 48.1 Å². The van der Waals surface area contributed by atoms with Crippen LogP contribution in [0.4, 0.5) is 11.1 Å². The number of aryl methyl sites for hydroxylation is 1. The molecule has 0 radical (unpaired) electrons. The number of hydrogen-bond acceptors (Lipinski definition) is 6. The first-order valence-corrected chi connectivity index (χ1v) is 8.98. The summed E-state index contributed by atoms with van der Waals surface area (Å²) in [6.07, 6.45) is 4.64. The van der Waals surface area contributed by atoms with E-state index in [-0.39, 0.29) is 5.91 Å². The van der Waals surface area contributed by atoms with Crippen LogP contribution in [-0.2, 0) is 11.2 Å². The summed E-state index contributed by atoms with van der Waals surface area (Å²) in [5.41, 5.74) is 3.22. The number of aromatic nitrogens is 3. The third-order valence-electron chi connectivity index (χ3n) is 3.61. The molecule has 128 valence electrons. The summed E-state index contributed by atoms with van der Waals surface area (Å²) in [6.45, 7) is 2.59. The molecule has 1 amide bonds. The molecule has 3 rings (SSSR count). The van der Waals surface area contributed by atoms with Gasteiger partial charge in [0, 0.05) is 36.3 Å². The molecule has 25 heavy (non-hydrogen) atoms. The average molecular weight is 353 g/mol. The lowest BCUT2D eigenvalue weighted by molar-refractivity contribution is -0.115. The third kappa shape index (κ3) is 4.84. The lowest BCUT2D eigenvalue weighted by Crippen LogP contribution is -2.16. The fourth-order valence-electron chi connectivity index (χ4n) is 2.23. The Hall–Kier alpha value is -2.80. The van der Waals surface area contributed by atoms with Crippen molar-refractivity contribution < 1.29 is 4.79 Å². The predicted molar refractivity (Wildman–Crippen MR) is 101 cm³/mol. The van der Waals surface area contributed by atoms with Crippen molar-refractivity contribution in [2.24, 2.45) is 0 Å². The van der Waals surface area contributed by atoms with E-state index in [1.165, 1.54) is 16.9 Å². The van der Waals surface area contributed by atoms with Crippen LogP contribution in [0.2, 0.25) is 0 Å². The maximum absolute atomic E-state index is 12.0. The highest BCUT2D eigenvalue weighted by atomic mass is 32.1. The maximum atomic E-state index is 12.0. The predicted octanol–water partition coefficient (Wildman–Crippen LogP) is 3.60. The van der Waals surface area contributed by atoms with Crippen molar-refractivity contribution in [1.29, 1.82) is 0 Å². The van der Waals surface area contributed by atoms with Crippen LogP contribution in [0, 0.1) is 0 Å². The molecule has 0 aliphatic carbocycles. The van der Waals surface area contributed by atoms with Gasteiger partial charge in [0.15, 0.2) is 5.13 Å². The van der Waals surface area contributed by atoms with Gasteiger partial charge in [0.1, 0.15) is 0 Å². The summed E-state index contributed by atoms with van der Waals surface area (Å²) in [4.78, 5) is 24.6. The summed E-state index contributed by atoms with van der Waals surface area (Å²) in [7, 11) is 0. The van der Waals surface area contributed by atoms with E-state index in [0.717, 1.165) is 17.7 Å². The number of nitrogens with one attached hydrogen (secondary N) is 2. The Labute approximate surface area is 150 Å². The number of anilines is 2. The SMILES string of the molecule is CCc1ccc(-c2csc(NC(=O)CCNc3ncccn3)n2)cc1. The Morgan fingerprint density at radius 2 is 1.92 bits per heavy atom. The number of nitrogens with zero attached hydrogens (tertiary/aromatic N) is 3. The topological polar surface area (TPSA) is 79.8 Å². The highest BCUT2D eigenvalue weighted by molar-refractivity contribution is 7.14. The van der Waals surface area contributed by atoms with Gasteiger partial charge < -0.3 is 10.6 Å². The molecule has 0 aliphatic heterocycles. The fourth-order valence-corrected chi connectivity index (χ4v) is 2.97. The molecule has 2 N–H and O–H groups in total. The molecule has 3 aromatic rings. The van der Waals surface area contributed by atoms with Crippen molar-refractivity contribution in [3.05, 3.63) is 53.7 Å². The van der Waals surface area contributed by atoms with E-state index >= 15 is 0 Å². The van der Waals surface area contributed by atoms with Gasteiger partial charge in [0.2, 0.25) is 11.9 Å². The molecule has 0 saturated carbocycles. The molecule has 0 bridgehead atoms. The molecule has 0 atom stereocenters. The summed E-state index contributed by atoms with van der Waals surface area (Å²) in [5.74, 6) is 0.424. The number of carbonyl (C=O) groups is 1. The number of thiazole rings is 1. The molecule has 0 fully saturated rings. The minimum Gasteiger partial charge on any atom is -0.354 e. The standard InChI is InChI=1S/C18H19N5OS/c1-2-13-4-6-14(7-5-13)15-12-25-18(22-15)23-16(24)8-11-21-17-19-9-3-10-20-17/h3-7,9-10,12H,2,8,11H2,1H3,(H,19,20,21)(H,22,23,24). The van der Waals surface area contributed by atoms with Crippen LogP contribution in [-0.4, -0.2) is 27.4 Å². The van der Waals surface area contributed by atoms with E-state index in [9.17, 15) is 4.79 Å². The van der Waals surface area contributed by atoms with Gasteiger partial charge in [-0.3, -0.25) is 4.79 Å². The number of benzene rings is 1. The van der Waals surface area contributed by atoms with Gasteiger partial charge in [-0.25, -0.2) is 15.0 Å². The van der Waals surface area contributed by atoms with Gasteiger partial charge in [-0.1, -0.05) is 31.2 Å². The molecule has 0 saturated heterocycles. The largest absolute Gasteiger partial charge is 0.354 e. The molecular weight excluding hydrogens is 334 g/mol. The van der Waals surface area contributed by atoms with E-state index in [4.69, 9.17) is 0 Å². The maximum Gasteiger partial charge on any atom is 0.227 e. The van der Waals surface area contributed by atoms with Gasteiger partial charge in [-0.15, -0.1) is 11.3 Å². The molecule has 6 nitrogen and oxygen atoms in total. The van der Waals surface area contributed by atoms with Crippen molar-refractivity contribution in [3.63, 3.8) is 0 Å². The van der Waals surface area contributed by atoms with Gasteiger partial charge in [0.05, 0.1) is 5.69 Å². The second-order valence-electron chi connectivity index (χ2n) is 5.39. The van der Waals surface area contributed by atoms with Gasteiger partial charge >= 0.3 is 0 Å². The average Bonchev–Trinajstić information content (AvgIpc) is 3.11. The van der Waals surface area contributed by atoms with Crippen LogP contribution < -0.4 is 10.6 Å². The zero-order valence-corrected chi connectivity index (χ0v) is 14.7. The lowest BCUT2D eigenvalue weighted by atomic mass is 10.1. The highest BCUT2D eigenvalue weighted by Gasteiger charge is 2.08. The Kier molecular flexibility index (Phi) is 5.69. The highest BCUT2D eigenvalue weighted by Crippen LogP contribution is 2.25. The van der Waals surface area contributed by atoms with E-state index in [0.29, 0.717) is 24.0 Å². The van der Waals surface area contributed by atoms with Crippen LogP contribution in [0.25, 0.3) is 11.3 Å². The summed E-state index contributed by atoms with van der Waals surface area (Å²) in [5, 5.41) is 8.39. The zero-order chi connectivity index (χ0) is 17.5. The molecular formula is C18H19N5OS.